The Balaban J connectivity index is 1.72. The molecule has 6 heteroatoms. The number of nitrogens with zero attached hydrogens (tertiary/aromatic N) is 1. The summed E-state index contributed by atoms with van der Waals surface area (Å²) in [6.45, 7) is 4.09. The van der Waals surface area contributed by atoms with Gasteiger partial charge in [-0.1, -0.05) is 15.9 Å². The Kier molecular flexibility index (Phi) is 4.41. The van der Waals surface area contributed by atoms with Crippen LogP contribution in [-0.4, -0.2) is 38.5 Å². The Labute approximate surface area is 135 Å². The van der Waals surface area contributed by atoms with Gasteiger partial charge in [0.1, 0.15) is 0 Å². The highest BCUT2D eigenvalue weighted by Crippen LogP contribution is 2.28. The third kappa shape index (κ3) is 3.33. The zero-order chi connectivity index (χ0) is 15.0. The number of hydrogen-bond acceptors (Lipinski definition) is 3. The fourth-order valence-corrected chi connectivity index (χ4v) is 5.02. The fourth-order valence-electron chi connectivity index (χ4n) is 3.40. The maximum atomic E-state index is 12.5. The molecule has 2 aliphatic rings. The zero-order valence-corrected chi connectivity index (χ0v) is 14.6. The molecule has 0 bridgehead atoms. The second kappa shape index (κ2) is 5.99. The highest BCUT2D eigenvalue weighted by molar-refractivity contribution is 9.10. The van der Waals surface area contributed by atoms with Crippen LogP contribution in [0.2, 0.25) is 0 Å². The van der Waals surface area contributed by atoms with Crippen molar-refractivity contribution in [3.05, 3.63) is 28.2 Å². The zero-order valence-electron chi connectivity index (χ0n) is 12.2. The summed E-state index contributed by atoms with van der Waals surface area (Å²) in [5.74, 6) is 0. The normalized spacial score (nSPS) is 26.8. The Morgan fingerprint density at radius 3 is 2.86 bits per heavy atom. The van der Waals surface area contributed by atoms with Crippen LogP contribution in [0.15, 0.2) is 27.6 Å². The lowest BCUT2D eigenvalue weighted by atomic mass is 9.99. The number of piperidine rings is 1. The lowest BCUT2D eigenvalue weighted by Crippen LogP contribution is -2.47. The van der Waals surface area contributed by atoms with E-state index >= 15 is 0 Å². The molecule has 1 aromatic carbocycles. The largest absolute Gasteiger partial charge is 0.300 e. The van der Waals surface area contributed by atoms with Crippen molar-refractivity contribution >= 4 is 26.0 Å². The van der Waals surface area contributed by atoms with E-state index < -0.39 is 10.0 Å². The summed E-state index contributed by atoms with van der Waals surface area (Å²) in [5, 5.41) is 0. The first-order valence-corrected chi connectivity index (χ1v) is 9.76. The molecule has 1 aromatic rings. The van der Waals surface area contributed by atoms with E-state index in [0.717, 1.165) is 29.4 Å². The van der Waals surface area contributed by atoms with E-state index in [2.05, 4.69) is 25.6 Å². The number of nitrogens with one attached hydrogen (secondary N) is 1. The van der Waals surface area contributed by atoms with Gasteiger partial charge in [0.05, 0.1) is 4.90 Å². The number of rotatable bonds is 3. The average molecular weight is 373 g/mol. The van der Waals surface area contributed by atoms with Gasteiger partial charge in [-0.05, 0) is 69.5 Å². The molecule has 0 aromatic heterocycles. The number of hydrogen-bond donors (Lipinski definition) is 1. The minimum Gasteiger partial charge on any atom is -0.300 e. The van der Waals surface area contributed by atoms with Crippen molar-refractivity contribution in [3.8, 4) is 0 Å². The van der Waals surface area contributed by atoms with Crippen LogP contribution in [0.1, 0.15) is 31.2 Å². The standard InChI is InChI=1S/C15H21BrN2O2S/c1-11-9-14(4-5-15(11)16)21(19,20)17-12-6-8-18-7-2-3-13(18)10-12/h4-5,9,12-13,17H,2-3,6-8,10H2,1H3. The van der Waals surface area contributed by atoms with Crippen molar-refractivity contribution in [2.24, 2.45) is 0 Å². The SMILES string of the molecule is Cc1cc(S(=O)(=O)NC2CCN3CCCC3C2)ccc1Br. The van der Waals surface area contributed by atoms with E-state index in [4.69, 9.17) is 0 Å². The van der Waals surface area contributed by atoms with E-state index in [9.17, 15) is 8.42 Å². The molecule has 0 radical (unpaired) electrons. The minimum atomic E-state index is -3.42. The van der Waals surface area contributed by atoms with E-state index in [-0.39, 0.29) is 6.04 Å². The molecule has 2 atom stereocenters. The first-order chi connectivity index (χ1) is 9.95. The molecular weight excluding hydrogens is 352 g/mol. The van der Waals surface area contributed by atoms with Gasteiger partial charge < -0.3 is 4.90 Å². The van der Waals surface area contributed by atoms with Crippen LogP contribution in [0.25, 0.3) is 0 Å². The number of aryl methyl sites for hydroxylation is 1. The number of halogens is 1. The smallest absolute Gasteiger partial charge is 0.240 e. The van der Waals surface area contributed by atoms with Crippen LogP contribution in [0.3, 0.4) is 0 Å². The maximum Gasteiger partial charge on any atom is 0.240 e. The van der Waals surface area contributed by atoms with Crippen LogP contribution in [-0.2, 0) is 10.0 Å². The lowest BCUT2D eigenvalue weighted by molar-refractivity contribution is 0.176. The van der Waals surface area contributed by atoms with E-state index in [1.807, 2.05) is 6.92 Å². The van der Waals surface area contributed by atoms with Gasteiger partial charge in [-0.2, -0.15) is 0 Å². The van der Waals surface area contributed by atoms with Crippen molar-refractivity contribution in [1.82, 2.24) is 9.62 Å². The van der Waals surface area contributed by atoms with Crippen LogP contribution in [0.4, 0.5) is 0 Å². The maximum absolute atomic E-state index is 12.5. The Bertz CT molecular complexity index is 633. The van der Waals surface area contributed by atoms with Crippen molar-refractivity contribution < 1.29 is 8.42 Å². The molecule has 0 amide bonds. The summed E-state index contributed by atoms with van der Waals surface area (Å²) in [6.07, 6.45) is 4.30. The second-order valence-electron chi connectivity index (χ2n) is 6.09. The molecule has 2 saturated heterocycles. The first kappa shape index (κ1) is 15.5. The van der Waals surface area contributed by atoms with Crippen LogP contribution in [0, 0.1) is 6.92 Å². The van der Waals surface area contributed by atoms with Gasteiger partial charge in [-0.3, -0.25) is 0 Å². The van der Waals surface area contributed by atoms with E-state index in [1.54, 1.807) is 18.2 Å². The second-order valence-corrected chi connectivity index (χ2v) is 8.65. The predicted molar refractivity (Wildman–Crippen MR) is 86.8 cm³/mol. The van der Waals surface area contributed by atoms with Gasteiger partial charge in [-0.25, -0.2) is 13.1 Å². The van der Waals surface area contributed by atoms with Crippen molar-refractivity contribution in [2.75, 3.05) is 13.1 Å². The van der Waals surface area contributed by atoms with Crippen molar-refractivity contribution in [3.63, 3.8) is 0 Å². The van der Waals surface area contributed by atoms with E-state index in [0.29, 0.717) is 10.9 Å². The molecule has 116 valence electrons. The molecule has 2 unspecified atom stereocenters. The fraction of sp³-hybridized carbons (Fsp3) is 0.600. The van der Waals surface area contributed by atoms with Gasteiger partial charge in [0, 0.05) is 16.6 Å². The van der Waals surface area contributed by atoms with Gasteiger partial charge in [0.15, 0.2) is 0 Å². The monoisotopic (exact) mass is 372 g/mol. The van der Waals surface area contributed by atoms with Crippen molar-refractivity contribution in [2.45, 2.75) is 49.6 Å². The van der Waals surface area contributed by atoms with Crippen LogP contribution < -0.4 is 4.72 Å². The summed E-state index contributed by atoms with van der Waals surface area (Å²) in [7, 11) is -3.42. The summed E-state index contributed by atoms with van der Waals surface area (Å²) in [6, 6.07) is 5.81. The number of sulfonamides is 1. The van der Waals surface area contributed by atoms with Crippen molar-refractivity contribution in [1.29, 1.82) is 0 Å². The molecule has 2 heterocycles. The van der Waals surface area contributed by atoms with Crippen LogP contribution in [0.5, 0.6) is 0 Å². The Morgan fingerprint density at radius 1 is 1.29 bits per heavy atom. The number of benzene rings is 1. The topological polar surface area (TPSA) is 49.4 Å². The molecule has 2 fully saturated rings. The van der Waals surface area contributed by atoms with E-state index in [1.165, 1.54) is 19.4 Å². The van der Waals surface area contributed by atoms with Gasteiger partial charge in [-0.15, -0.1) is 0 Å². The van der Waals surface area contributed by atoms with Gasteiger partial charge >= 0.3 is 0 Å². The first-order valence-electron chi connectivity index (χ1n) is 7.48. The summed E-state index contributed by atoms with van der Waals surface area (Å²) < 4.78 is 28.9. The number of fused-ring (bicyclic) bond motifs is 1. The molecule has 0 aliphatic carbocycles. The third-order valence-corrected chi connectivity index (χ3v) is 6.99. The molecule has 1 N–H and O–H groups in total. The molecule has 4 nitrogen and oxygen atoms in total. The summed E-state index contributed by atoms with van der Waals surface area (Å²) >= 11 is 3.40. The van der Waals surface area contributed by atoms with Crippen LogP contribution >= 0.6 is 15.9 Å². The molecule has 0 spiro atoms. The molecule has 2 aliphatic heterocycles. The Morgan fingerprint density at radius 2 is 2.10 bits per heavy atom. The minimum absolute atomic E-state index is 0.0679. The van der Waals surface area contributed by atoms with Gasteiger partial charge in [0.2, 0.25) is 10.0 Å². The Hall–Kier alpha value is -0.430. The highest BCUT2D eigenvalue weighted by Gasteiger charge is 2.33. The predicted octanol–water partition coefficient (Wildman–Crippen LogP) is 2.66. The third-order valence-electron chi connectivity index (χ3n) is 4.58. The molecule has 3 rings (SSSR count). The highest BCUT2D eigenvalue weighted by atomic mass is 79.9. The average Bonchev–Trinajstić information content (AvgIpc) is 2.88. The summed E-state index contributed by atoms with van der Waals surface area (Å²) in [5.41, 5.74) is 0.934. The summed E-state index contributed by atoms with van der Waals surface area (Å²) in [4.78, 5) is 2.85. The molecular formula is C15H21BrN2O2S. The lowest BCUT2D eigenvalue weighted by Gasteiger charge is -2.34. The van der Waals surface area contributed by atoms with Gasteiger partial charge in [0.25, 0.3) is 0 Å². The molecule has 21 heavy (non-hydrogen) atoms. The quantitative estimate of drug-likeness (QED) is 0.886. The molecule has 0 saturated carbocycles.